The average Bonchev–Trinajstić information content (AvgIpc) is 2.40. The molecule has 0 aromatic heterocycles. The summed E-state index contributed by atoms with van der Waals surface area (Å²) in [6.07, 6.45) is 0. The maximum Gasteiger partial charge on any atom is 0.275 e. The molecule has 0 radical (unpaired) electrons. The summed E-state index contributed by atoms with van der Waals surface area (Å²) in [6, 6.07) is 12.6. The highest BCUT2D eigenvalue weighted by Crippen LogP contribution is 2.23. The first kappa shape index (κ1) is 15.0. The third kappa shape index (κ3) is 4.03. The largest absolute Gasteiger partial charge is 0.308 e. The average molecular weight is 356 g/mol. The fraction of sp³-hybridized carbons (Fsp3) is 0.143. The van der Waals surface area contributed by atoms with Crippen molar-refractivity contribution in [1.29, 1.82) is 0 Å². The number of nitrogens with one attached hydrogen (secondary N) is 1. The molecular formula is C14H12BrClN2O2. The van der Waals surface area contributed by atoms with Crippen LogP contribution in [0.3, 0.4) is 0 Å². The van der Waals surface area contributed by atoms with Crippen LogP contribution in [0.4, 0.5) is 5.69 Å². The van der Waals surface area contributed by atoms with Crippen LogP contribution in [0.1, 0.15) is 11.1 Å². The lowest BCUT2D eigenvalue weighted by Crippen LogP contribution is -2.13. The second kappa shape index (κ2) is 6.83. The molecule has 6 heteroatoms. The van der Waals surface area contributed by atoms with E-state index in [0.717, 1.165) is 5.56 Å². The molecular weight excluding hydrogens is 344 g/mol. The number of halogens is 2. The summed E-state index contributed by atoms with van der Waals surface area (Å²) in [5.74, 6) is 0. The molecule has 1 N–H and O–H groups in total. The maximum atomic E-state index is 11.0. The van der Waals surface area contributed by atoms with Gasteiger partial charge in [0.15, 0.2) is 0 Å². The first-order chi connectivity index (χ1) is 9.56. The van der Waals surface area contributed by atoms with Crippen LogP contribution >= 0.6 is 27.5 Å². The number of nitrogens with zero attached hydrogens (tertiary/aromatic N) is 1. The van der Waals surface area contributed by atoms with Crippen LogP contribution in [0.2, 0.25) is 5.02 Å². The monoisotopic (exact) mass is 354 g/mol. The molecule has 0 bridgehead atoms. The second-order valence-corrected chi connectivity index (χ2v) is 5.62. The molecule has 0 aliphatic rings. The van der Waals surface area contributed by atoms with Crippen molar-refractivity contribution in [3.63, 3.8) is 0 Å². The summed E-state index contributed by atoms with van der Waals surface area (Å²) in [6.45, 7) is 1.03. The highest BCUT2D eigenvalue weighted by atomic mass is 79.9. The van der Waals surface area contributed by atoms with Crippen LogP contribution in [0.15, 0.2) is 46.9 Å². The van der Waals surface area contributed by atoms with Gasteiger partial charge in [0, 0.05) is 34.2 Å². The van der Waals surface area contributed by atoms with Gasteiger partial charge in [-0.25, -0.2) is 0 Å². The first-order valence-electron chi connectivity index (χ1n) is 5.94. The Kier molecular flexibility index (Phi) is 5.11. The number of nitro groups is 1. The van der Waals surface area contributed by atoms with Gasteiger partial charge in [0.1, 0.15) is 0 Å². The summed E-state index contributed by atoms with van der Waals surface area (Å²) in [5, 5.41) is 14.9. The van der Waals surface area contributed by atoms with E-state index >= 15 is 0 Å². The Labute approximate surface area is 130 Å². The third-order valence-corrected chi connectivity index (χ3v) is 3.51. The van der Waals surface area contributed by atoms with Crippen molar-refractivity contribution >= 4 is 33.2 Å². The van der Waals surface area contributed by atoms with Gasteiger partial charge in [-0.05, 0) is 29.8 Å². The zero-order chi connectivity index (χ0) is 14.5. The lowest BCUT2D eigenvalue weighted by molar-refractivity contribution is -0.385. The van der Waals surface area contributed by atoms with Gasteiger partial charge in [0.25, 0.3) is 5.69 Å². The van der Waals surface area contributed by atoms with Crippen molar-refractivity contribution < 1.29 is 4.92 Å². The van der Waals surface area contributed by atoms with E-state index in [9.17, 15) is 10.1 Å². The van der Waals surface area contributed by atoms with Crippen LogP contribution in [-0.4, -0.2) is 4.92 Å². The Morgan fingerprint density at radius 3 is 2.70 bits per heavy atom. The van der Waals surface area contributed by atoms with Crippen LogP contribution < -0.4 is 5.32 Å². The molecule has 104 valence electrons. The molecule has 0 saturated heterocycles. The van der Waals surface area contributed by atoms with E-state index in [4.69, 9.17) is 11.6 Å². The quantitative estimate of drug-likeness (QED) is 0.642. The first-order valence-corrected chi connectivity index (χ1v) is 7.11. The van der Waals surface area contributed by atoms with Crippen molar-refractivity contribution in [1.82, 2.24) is 5.32 Å². The normalized spacial score (nSPS) is 10.5. The molecule has 4 nitrogen and oxygen atoms in total. The van der Waals surface area contributed by atoms with Gasteiger partial charge in [-0.15, -0.1) is 0 Å². The number of nitro benzene ring substituents is 1. The predicted octanol–water partition coefficient (Wildman–Crippen LogP) is 4.30. The minimum Gasteiger partial charge on any atom is -0.308 e. The van der Waals surface area contributed by atoms with Gasteiger partial charge in [0.05, 0.1) is 4.92 Å². The van der Waals surface area contributed by atoms with Gasteiger partial charge >= 0.3 is 0 Å². The minimum atomic E-state index is -0.374. The van der Waals surface area contributed by atoms with Crippen LogP contribution in [0, 0.1) is 10.1 Å². The minimum absolute atomic E-state index is 0.109. The molecule has 0 spiro atoms. The molecule has 0 fully saturated rings. The number of hydrogen-bond acceptors (Lipinski definition) is 3. The van der Waals surface area contributed by atoms with E-state index in [2.05, 4.69) is 21.2 Å². The van der Waals surface area contributed by atoms with E-state index in [1.54, 1.807) is 12.1 Å². The smallest absolute Gasteiger partial charge is 0.275 e. The highest BCUT2D eigenvalue weighted by Gasteiger charge is 2.13. The topological polar surface area (TPSA) is 55.2 Å². The molecule has 0 aliphatic carbocycles. The molecule has 2 rings (SSSR count). The van der Waals surface area contributed by atoms with E-state index in [0.29, 0.717) is 28.1 Å². The Morgan fingerprint density at radius 1 is 1.20 bits per heavy atom. The van der Waals surface area contributed by atoms with Crippen molar-refractivity contribution in [3.05, 3.63) is 73.2 Å². The summed E-state index contributed by atoms with van der Waals surface area (Å²) < 4.78 is 0.697. The van der Waals surface area contributed by atoms with Gasteiger partial charge < -0.3 is 5.32 Å². The van der Waals surface area contributed by atoms with Gasteiger partial charge in [-0.3, -0.25) is 10.1 Å². The Balaban J connectivity index is 2.02. The highest BCUT2D eigenvalue weighted by molar-refractivity contribution is 9.10. The zero-order valence-electron chi connectivity index (χ0n) is 10.5. The predicted molar refractivity (Wildman–Crippen MR) is 82.8 cm³/mol. The van der Waals surface area contributed by atoms with E-state index in [1.807, 2.05) is 24.3 Å². The van der Waals surface area contributed by atoms with E-state index < -0.39 is 0 Å². The van der Waals surface area contributed by atoms with Crippen molar-refractivity contribution in [2.24, 2.45) is 0 Å². The van der Waals surface area contributed by atoms with Crippen LogP contribution in [-0.2, 0) is 13.1 Å². The van der Waals surface area contributed by atoms with E-state index in [-0.39, 0.29) is 10.6 Å². The summed E-state index contributed by atoms with van der Waals surface area (Å²) >= 11 is 9.14. The number of benzene rings is 2. The molecule has 0 heterocycles. The van der Waals surface area contributed by atoms with Gasteiger partial charge in [-0.2, -0.15) is 0 Å². The maximum absolute atomic E-state index is 11.0. The lowest BCUT2D eigenvalue weighted by atomic mass is 10.1. The molecule has 20 heavy (non-hydrogen) atoms. The van der Waals surface area contributed by atoms with Crippen LogP contribution in [0.5, 0.6) is 0 Å². The third-order valence-electron chi connectivity index (χ3n) is 2.78. The molecule has 0 amide bonds. The second-order valence-electron chi connectivity index (χ2n) is 4.26. The molecule has 0 aliphatic heterocycles. The SMILES string of the molecule is O=[N+]([O-])c1cc(Br)ccc1CNCc1cccc(Cl)c1. The number of rotatable bonds is 5. The summed E-state index contributed by atoms with van der Waals surface area (Å²) in [4.78, 5) is 10.6. The lowest BCUT2D eigenvalue weighted by Gasteiger charge is -2.06. The van der Waals surface area contributed by atoms with Gasteiger partial charge in [0.2, 0.25) is 0 Å². The molecule has 0 atom stereocenters. The Bertz CT molecular complexity index is 634. The summed E-state index contributed by atoms with van der Waals surface area (Å²) in [5.41, 5.74) is 1.80. The Hall–Kier alpha value is -1.43. The van der Waals surface area contributed by atoms with E-state index in [1.165, 1.54) is 6.07 Å². The molecule has 2 aromatic rings. The number of hydrogen-bond donors (Lipinski definition) is 1. The molecule has 0 unspecified atom stereocenters. The van der Waals surface area contributed by atoms with Crippen LogP contribution in [0.25, 0.3) is 0 Å². The fourth-order valence-corrected chi connectivity index (χ4v) is 2.41. The standard InChI is InChI=1S/C14H12BrClN2O2/c15-12-5-4-11(14(7-12)18(19)20)9-17-8-10-2-1-3-13(16)6-10/h1-7,17H,8-9H2. The van der Waals surface area contributed by atoms with Gasteiger partial charge in [-0.1, -0.05) is 39.7 Å². The van der Waals surface area contributed by atoms with Crippen molar-refractivity contribution in [2.75, 3.05) is 0 Å². The Morgan fingerprint density at radius 2 is 2.00 bits per heavy atom. The van der Waals surface area contributed by atoms with Crippen molar-refractivity contribution in [2.45, 2.75) is 13.1 Å². The summed E-state index contributed by atoms with van der Waals surface area (Å²) in [7, 11) is 0. The zero-order valence-corrected chi connectivity index (χ0v) is 12.8. The molecule has 0 saturated carbocycles. The van der Waals surface area contributed by atoms with Crippen molar-refractivity contribution in [3.8, 4) is 0 Å². The fourth-order valence-electron chi connectivity index (χ4n) is 1.84. The molecule has 2 aromatic carbocycles.